The molecule has 0 saturated heterocycles. The lowest BCUT2D eigenvalue weighted by atomic mass is 9.60. The second-order valence-electron chi connectivity index (χ2n) is 19.0. The highest BCUT2D eigenvalue weighted by Gasteiger charge is 2.45. The predicted octanol–water partition coefficient (Wildman–Crippen LogP) is 14.3. The molecule has 4 heteroatoms. The van der Waals surface area contributed by atoms with Gasteiger partial charge in [0.25, 0.3) is 0 Å². The Bertz CT molecular complexity index is 3230. The third-order valence-electron chi connectivity index (χ3n) is 14.6. The van der Waals surface area contributed by atoms with Crippen LogP contribution in [0.15, 0.2) is 170 Å². The SMILES string of the molecule is Cc1cc2c(cc1N1c3cc4ccccc4c(-c4cccc5c4Nc4ccccc4C5(c4ccccc4)c4ccccc4)c3[B]c3sc4ccccc4c31)C(C)(C)CCC2(C)C. The molecule has 9 aromatic rings. The van der Waals surface area contributed by atoms with Crippen molar-refractivity contribution in [2.45, 2.75) is 63.7 Å². The van der Waals surface area contributed by atoms with Crippen molar-refractivity contribution >= 4 is 78.2 Å². The van der Waals surface area contributed by atoms with E-state index >= 15 is 0 Å². The average molecular weight is 816 g/mol. The summed E-state index contributed by atoms with van der Waals surface area (Å²) in [5.41, 5.74) is 18.7. The molecule has 3 aliphatic rings. The molecular formula is C58H48BN2S. The van der Waals surface area contributed by atoms with E-state index in [1.54, 1.807) is 0 Å². The fourth-order valence-corrected chi connectivity index (χ4v) is 12.5. The molecule has 1 N–H and O–H groups in total. The minimum Gasteiger partial charge on any atom is -0.354 e. The van der Waals surface area contributed by atoms with Gasteiger partial charge in [-0.3, -0.25) is 0 Å². The summed E-state index contributed by atoms with van der Waals surface area (Å²) >= 11 is 1.91. The quantitative estimate of drug-likeness (QED) is 0.178. The van der Waals surface area contributed by atoms with Crippen LogP contribution < -0.4 is 20.5 Å². The van der Waals surface area contributed by atoms with Crippen LogP contribution in [0.4, 0.5) is 28.4 Å². The largest absolute Gasteiger partial charge is 0.354 e. The Morgan fingerprint density at radius 1 is 0.565 bits per heavy atom. The lowest BCUT2D eigenvalue weighted by molar-refractivity contribution is 0.332. The van der Waals surface area contributed by atoms with E-state index in [1.807, 2.05) is 11.3 Å². The molecule has 0 spiro atoms. The van der Waals surface area contributed by atoms with Gasteiger partial charge in [-0.05, 0) is 120 Å². The zero-order chi connectivity index (χ0) is 42.0. The smallest absolute Gasteiger partial charge is 0.211 e. The van der Waals surface area contributed by atoms with Gasteiger partial charge in [0, 0.05) is 32.7 Å². The van der Waals surface area contributed by atoms with Crippen molar-refractivity contribution in [1.29, 1.82) is 0 Å². The molecule has 0 unspecified atom stereocenters. The molecule has 0 amide bonds. The maximum Gasteiger partial charge on any atom is 0.211 e. The molecule has 3 heterocycles. The summed E-state index contributed by atoms with van der Waals surface area (Å²) in [6.07, 6.45) is 2.36. The van der Waals surface area contributed by atoms with E-state index in [4.69, 9.17) is 0 Å². The van der Waals surface area contributed by atoms with Crippen molar-refractivity contribution in [3.05, 3.63) is 209 Å². The van der Waals surface area contributed by atoms with E-state index in [9.17, 15) is 0 Å². The summed E-state index contributed by atoms with van der Waals surface area (Å²) in [5, 5.41) is 7.86. The highest BCUT2D eigenvalue weighted by Crippen LogP contribution is 2.57. The van der Waals surface area contributed by atoms with Gasteiger partial charge >= 0.3 is 0 Å². The summed E-state index contributed by atoms with van der Waals surface area (Å²) in [5.74, 6) is 0. The minimum absolute atomic E-state index is 0.0706. The zero-order valence-electron chi connectivity index (χ0n) is 36.0. The fraction of sp³-hybridized carbons (Fsp3) is 0.172. The van der Waals surface area contributed by atoms with Gasteiger partial charge < -0.3 is 10.2 Å². The summed E-state index contributed by atoms with van der Waals surface area (Å²) in [6, 6.07) is 63.8. The summed E-state index contributed by atoms with van der Waals surface area (Å²) in [7, 11) is 2.51. The number of aryl methyl sites for hydroxylation is 1. The molecular weight excluding hydrogens is 768 g/mol. The zero-order valence-corrected chi connectivity index (χ0v) is 36.8. The third kappa shape index (κ3) is 5.29. The van der Waals surface area contributed by atoms with E-state index < -0.39 is 5.41 Å². The Kier molecular flexibility index (Phi) is 8.19. The van der Waals surface area contributed by atoms with Crippen LogP contribution in [0, 0.1) is 6.92 Å². The van der Waals surface area contributed by atoms with Crippen LogP contribution >= 0.6 is 11.3 Å². The molecule has 1 aliphatic carbocycles. The lowest BCUT2D eigenvalue weighted by Crippen LogP contribution is -2.40. The number of nitrogens with zero attached hydrogens (tertiary/aromatic N) is 1. The van der Waals surface area contributed by atoms with Gasteiger partial charge in [-0.1, -0.05) is 173 Å². The second-order valence-corrected chi connectivity index (χ2v) is 20.1. The number of nitrogens with one attached hydrogen (secondary N) is 1. The van der Waals surface area contributed by atoms with Crippen LogP contribution in [0.2, 0.25) is 0 Å². The summed E-state index contributed by atoms with van der Waals surface area (Å²) in [4.78, 5) is 2.64. The molecule has 0 saturated carbocycles. The van der Waals surface area contributed by atoms with Crippen LogP contribution in [0.25, 0.3) is 32.0 Å². The number of hydrogen-bond donors (Lipinski definition) is 1. The molecule has 1 radical (unpaired) electrons. The molecule has 0 fully saturated rings. The van der Waals surface area contributed by atoms with E-state index in [-0.39, 0.29) is 10.8 Å². The molecule has 2 nitrogen and oxygen atoms in total. The van der Waals surface area contributed by atoms with E-state index in [0.717, 1.165) is 11.4 Å². The number of rotatable bonds is 4. The van der Waals surface area contributed by atoms with Gasteiger partial charge in [-0.25, -0.2) is 0 Å². The molecule has 8 aromatic carbocycles. The number of thiophene rings is 1. The third-order valence-corrected chi connectivity index (χ3v) is 15.7. The van der Waals surface area contributed by atoms with Gasteiger partial charge in [-0.2, -0.15) is 0 Å². The summed E-state index contributed by atoms with van der Waals surface area (Å²) < 4.78 is 2.60. The molecule has 0 bridgehead atoms. The van der Waals surface area contributed by atoms with Crippen LogP contribution in [0.5, 0.6) is 0 Å². The topological polar surface area (TPSA) is 15.3 Å². The van der Waals surface area contributed by atoms with Crippen molar-refractivity contribution < 1.29 is 0 Å². The van der Waals surface area contributed by atoms with Crippen LogP contribution in [-0.4, -0.2) is 7.28 Å². The van der Waals surface area contributed by atoms with Crippen LogP contribution in [-0.2, 0) is 16.2 Å². The Morgan fingerprint density at radius 2 is 1.18 bits per heavy atom. The highest BCUT2D eigenvalue weighted by atomic mass is 32.1. The molecule has 2 aliphatic heterocycles. The van der Waals surface area contributed by atoms with Crippen molar-refractivity contribution in [3.8, 4) is 11.1 Å². The van der Waals surface area contributed by atoms with E-state index in [2.05, 4.69) is 222 Å². The first-order valence-corrected chi connectivity index (χ1v) is 23.0. The van der Waals surface area contributed by atoms with Gasteiger partial charge in [0.15, 0.2) is 0 Å². The Labute approximate surface area is 370 Å². The fourth-order valence-electron chi connectivity index (χ4n) is 11.4. The maximum atomic E-state index is 4.09. The number of fused-ring (bicyclic) bond motifs is 8. The second kappa shape index (κ2) is 13.6. The van der Waals surface area contributed by atoms with Crippen LogP contribution in [0.3, 0.4) is 0 Å². The molecule has 299 valence electrons. The van der Waals surface area contributed by atoms with Crippen LogP contribution in [0.1, 0.15) is 79.5 Å². The van der Waals surface area contributed by atoms with Crippen molar-refractivity contribution in [2.75, 3.05) is 10.2 Å². The average Bonchev–Trinajstić information content (AvgIpc) is 3.67. The van der Waals surface area contributed by atoms with Crippen molar-refractivity contribution in [3.63, 3.8) is 0 Å². The first kappa shape index (κ1) is 37.4. The monoisotopic (exact) mass is 815 g/mol. The number of para-hydroxylation sites is 2. The normalized spacial score (nSPS) is 16.3. The van der Waals surface area contributed by atoms with Gasteiger partial charge in [-0.15, -0.1) is 11.3 Å². The highest BCUT2D eigenvalue weighted by molar-refractivity contribution is 7.29. The molecule has 1 aromatic heterocycles. The van der Waals surface area contributed by atoms with Crippen molar-refractivity contribution in [1.82, 2.24) is 0 Å². The first-order chi connectivity index (χ1) is 30.1. The standard InChI is InChI=1S/C58H48BN2S/c1-36-33-45-46(57(4,5)32-31-56(45,2)3)35-48(36)61-49-34-37-19-12-13-24-40(37)51(52(49)59-55-54(61)41-25-14-17-30-50(41)62-55)42-26-18-28-44-53(42)60-47-29-16-15-27-43(47)58(44,38-20-8-6-9-21-38)39-22-10-7-11-23-39/h6-30,33-35,60H,31-32H2,1-5H3. The van der Waals surface area contributed by atoms with E-state index in [1.165, 1.54) is 111 Å². The first-order valence-electron chi connectivity index (χ1n) is 22.1. The Balaban J connectivity index is 1.19. The van der Waals surface area contributed by atoms with E-state index in [0.29, 0.717) is 0 Å². The summed E-state index contributed by atoms with van der Waals surface area (Å²) in [6.45, 7) is 12.1. The Hall–Kier alpha value is -6.36. The van der Waals surface area contributed by atoms with Gasteiger partial charge in [0.1, 0.15) is 0 Å². The van der Waals surface area contributed by atoms with Gasteiger partial charge in [0.2, 0.25) is 7.28 Å². The van der Waals surface area contributed by atoms with Gasteiger partial charge in [0.05, 0.1) is 16.8 Å². The predicted molar refractivity (Wildman–Crippen MR) is 266 cm³/mol. The molecule has 62 heavy (non-hydrogen) atoms. The number of anilines is 5. The molecule has 0 atom stereocenters. The van der Waals surface area contributed by atoms with Crippen molar-refractivity contribution in [2.24, 2.45) is 0 Å². The lowest BCUT2D eigenvalue weighted by Gasteiger charge is -2.44. The number of benzene rings is 8. The number of hydrogen-bond acceptors (Lipinski definition) is 3. The Morgan fingerprint density at radius 3 is 1.92 bits per heavy atom. The minimum atomic E-state index is -0.560. The maximum absolute atomic E-state index is 4.09. The molecule has 12 rings (SSSR count).